The fourth-order valence-corrected chi connectivity index (χ4v) is 9.06. The Morgan fingerprint density at radius 3 is 2.51 bits per heavy atom. The number of benzene rings is 2. The molecular weight excluding hydrogens is 725 g/mol. The van der Waals surface area contributed by atoms with Crippen molar-refractivity contribution in [3.63, 3.8) is 0 Å². The van der Waals surface area contributed by atoms with E-state index in [1.165, 1.54) is 0 Å². The second-order valence-corrected chi connectivity index (χ2v) is 16.3. The highest BCUT2D eigenvalue weighted by atomic mass is 35.5. The van der Waals surface area contributed by atoms with E-state index in [0.717, 1.165) is 92.0 Å². The summed E-state index contributed by atoms with van der Waals surface area (Å²) in [5.41, 5.74) is 2.73. The lowest BCUT2D eigenvalue weighted by atomic mass is 9.80. The summed E-state index contributed by atoms with van der Waals surface area (Å²) < 4.78 is 45.1. The number of amides is 2. The van der Waals surface area contributed by atoms with E-state index in [2.05, 4.69) is 48.1 Å². The fourth-order valence-electron chi connectivity index (χ4n) is 7.89. The fraction of sp³-hybridized carbons (Fsp3) is 0.526. The highest BCUT2D eigenvalue weighted by Gasteiger charge is 2.38. The minimum atomic E-state index is -4.53. The van der Waals surface area contributed by atoms with Crippen LogP contribution in [0.4, 0.5) is 36.3 Å². The minimum absolute atomic E-state index is 0.0577. The molecule has 1 aliphatic carbocycles. The number of nitrogens with zero attached hydrogens (tertiary/aromatic N) is 5. The van der Waals surface area contributed by atoms with Crippen LogP contribution in [0.1, 0.15) is 68.1 Å². The lowest BCUT2D eigenvalue weighted by Gasteiger charge is -2.42. The smallest absolute Gasteiger partial charge is 0.369 e. The predicted molar refractivity (Wildman–Crippen MR) is 203 cm³/mol. The molecule has 0 bridgehead atoms. The molecule has 4 heterocycles. The molecule has 15 heteroatoms. The van der Waals surface area contributed by atoms with Gasteiger partial charge in [-0.15, -0.1) is 0 Å². The molecule has 2 atom stereocenters. The maximum Gasteiger partial charge on any atom is 0.421 e. The van der Waals surface area contributed by atoms with Gasteiger partial charge in [-0.3, -0.25) is 24.5 Å². The normalized spacial score (nSPS) is 24.2. The van der Waals surface area contributed by atoms with Gasteiger partial charge in [0.25, 0.3) is 0 Å². The molecule has 2 unspecified atom stereocenters. The summed E-state index contributed by atoms with van der Waals surface area (Å²) >= 11 is 8.24. The average Bonchev–Trinajstić information content (AvgIpc) is 3.10. The first-order valence-electron chi connectivity index (χ1n) is 18.5. The molecule has 4 aliphatic rings. The third kappa shape index (κ3) is 9.04. The van der Waals surface area contributed by atoms with Crippen molar-refractivity contribution in [1.29, 1.82) is 0 Å². The molecule has 284 valence electrons. The maximum absolute atomic E-state index is 13.8. The molecule has 10 nitrogen and oxygen atoms in total. The van der Waals surface area contributed by atoms with E-state index in [-0.39, 0.29) is 29.5 Å². The Morgan fingerprint density at radius 1 is 1.02 bits per heavy atom. The van der Waals surface area contributed by atoms with Gasteiger partial charge in [-0.25, -0.2) is 4.98 Å². The quantitative estimate of drug-likeness (QED) is 0.145. The molecule has 3 aliphatic heterocycles. The Morgan fingerprint density at radius 2 is 1.81 bits per heavy atom. The molecule has 0 spiro atoms. The Kier molecular flexibility index (Phi) is 11.4. The first-order chi connectivity index (χ1) is 25.4. The van der Waals surface area contributed by atoms with Gasteiger partial charge in [-0.2, -0.15) is 18.2 Å². The van der Waals surface area contributed by atoms with Gasteiger partial charge in [-0.05, 0) is 104 Å². The van der Waals surface area contributed by atoms with Crippen LogP contribution in [0.25, 0.3) is 0 Å². The average molecular weight is 771 g/mol. The maximum atomic E-state index is 13.8. The van der Waals surface area contributed by atoms with Crippen molar-refractivity contribution >= 4 is 58.5 Å². The van der Waals surface area contributed by atoms with Gasteiger partial charge in [-0.1, -0.05) is 24.6 Å². The van der Waals surface area contributed by atoms with Crippen molar-refractivity contribution in [1.82, 2.24) is 24.9 Å². The van der Waals surface area contributed by atoms with Crippen LogP contribution in [0.3, 0.4) is 0 Å². The van der Waals surface area contributed by atoms with Crippen LogP contribution in [-0.4, -0.2) is 78.5 Å². The Labute approximate surface area is 317 Å². The monoisotopic (exact) mass is 770 g/mol. The van der Waals surface area contributed by atoms with Crippen LogP contribution in [0.5, 0.6) is 0 Å². The Hall–Kier alpha value is -3.59. The van der Waals surface area contributed by atoms with Crippen molar-refractivity contribution in [2.75, 3.05) is 60.9 Å². The molecule has 0 radical (unpaired) electrons. The third-order valence-electron chi connectivity index (χ3n) is 10.9. The number of piperidine rings is 2. The van der Waals surface area contributed by atoms with Gasteiger partial charge >= 0.3 is 6.18 Å². The van der Waals surface area contributed by atoms with Crippen LogP contribution < -0.4 is 25.2 Å². The predicted octanol–water partition coefficient (Wildman–Crippen LogP) is 7.15. The van der Waals surface area contributed by atoms with Gasteiger partial charge in [0.15, 0.2) is 0 Å². The van der Waals surface area contributed by atoms with E-state index in [9.17, 15) is 22.8 Å². The Balaban J connectivity index is 0.849. The van der Waals surface area contributed by atoms with E-state index >= 15 is 0 Å². The SMILES string of the molecule is Cc1cc(SNC2CC(CN3CCN(c4ccc(C5CCC(=O)NC5=O)c(Cl)c4)CC3)C2)ccc1Nc1ncc(C(F)(F)F)c(N2CCCC(C)C2)n1. The number of aromatic nitrogens is 2. The number of piperazine rings is 1. The highest BCUT2D eigenvalue weighted by molar-refractivity contribution is 7.97. The van der Waals surface area contributed by atoms with Crippen molar-refractivity contribution < 1.29 is 22.8 Å². The van der Waals surface area contributed by atoms with Crippen molar-refractivity contribution in [2.24, 2.45) is 11.8 Å². The molecule has 3 aromatic rings. The summed E-state index contributed by atoms with van der Waals surface area (Å²) in [6.45, 7) is 9.96. The van der Waals surface area contributed by atoms with E-state index in [4.69, 9.17) is 11.6 Å². The molecule has 1 aromatic heterocycles. The summed E-state index contributed by atoms with van der Waals surface area (Å²) in [5.74, 6) is 0.154. The van der Waals surface area contributed by atoms with Gasteiger partial charge in [0.2, 0.25) is 17.8 Å². The van der Waals surface area contributed by atoms with Crippen molar-refractivity contribution in [3.8, 4) is 0 Å². The van der Waals surface area contributed by atoms with Crippen LogP contribution in [0.2, 0.25) is 5.02 Å². The zero-order valence-corrected chi connectivity index (χ0v) is 31.6. The molecule has 7 rings (SSSR count). The number of alkyl halides is 3. The highest BCUT2D eigenvalue weighted by Crippen LogP contribution is 2.38. The van der Waals surface area contributed by atoms with Gasteiger partial charge in [0, 0.05) is 85.8 Å². The molecule has 2 aromatic carbocycles. The topological polar surface area (TPSA) is 106 Å². The van der Waals surface area contributed by atoms with Crippen molar-refractivity contribution in [2.45, 2.75) is 75.4 Å². The molecule has 1 saturated carbocycles. The standard InChI is InChI=1S/C38H46ClF3N8O2S/c1-23-4-3-11-50(21-23)35-31(38(40,41)42)20-43-37(46-35)44-33-9-6-28(16-24(33)2)53-47-26-17-25(18-26)22-48-12-14-49(15-13-48)27-5-7-29(32(39)19-27)30-8-10-34(51)45-36(30)52/h5-7,9,16,19-20,23,25-26,30,47H,3-4,8,10-15,17-18,21-22H2,1-2H3,(H,43,44,46)(H,45,51,52). The second kappa shape index (κ2) is 16.0. The number of nitrogens with one attached hydrogen (secondary N) is 3. The Bertz CT molecular complexity index is 1820. The zero-order chi connectivity index (χ0) is 37.3. The number of anilines is 4. The molecule has 53 heavy (non-hydrogen) atoms. The van der Waals surface area contributed by atoms with E-state index < -0.39 is 11.7 Å². The summed E-state index contributed by atoms with van der Waals surface area (Å²) in [6, 6.07) is 12.3. The molecule has 2 amide bonds. The van der Waals surface area contributed by atoms with Crippen LogP contribution in [0, 0.1) is 18.8 Å². The van der Waals surface area contributed by atoms with Gasteiger partial charge in [0.1, 0.15) is 11.4 Å². The van der Waals surface area contributed by atoms with Crippen LogP contribution in [0.15, 0.2) is 47.5 Å². The van der Waals surface area contributed by atoms with Crippen LogP contribution >= 0.6 is 23.5 Å². The summed E-state index contributed by atoms with van der Waals surface area (Å²) in [7, 11) is 0. The summed E-state index contributed by atoms with van der Waals surface area (Å²) in [6.07, 6.45) is 1.24. The van der Waals surface area contributed by atoms with Gasteiger partial charge < -0.3 is 15.1 Å². The third-order valence-corrected chi connectivity index (χ3v) is 12.2. The minimum Gasteiger partial charge on any atom is -0.369 e. The zero-order valence-electron chi connectivity index (χ0n) is 30.0. The first-order valence-corrected chi connectivity index (χ1v) is 19.7. The number of halogens is 4. The number of carbonyl (C=O) groups is 2. The van der Waals surface area contributed by atoms with Crippen LogP contribution in [-0.2, 0) is 15.8 Å². The van der Waals surface area contributed by atoms with Crippen molar-refractivity contribution in [3.05, 3.63) is 64.3 Å². The van der Waals surface area contributed by atoms with Gasteiger partial charge in [0.05, 0.1) is 5.92 Å². The lowest BCUT2D eigenvalue weighted by molar-refractivity contribution is -0.138. The molecular formula is C38H46ClF3N8O2S. The van der Waals surface area contributed by atoms with E-state index in [0.29, 0.717) is 48.8 Å². The lowest BCUT2D eigenvalue weighted by Crippen LogP contribution is -2.50. The van der Waals surface area contributed by atoms with E-state index in [1.807, 2.05) is 37.3 Å². The number of carbonyl (C=O) groups excluding carboxylic acids is 2. The summed E-state index contributed by atoms with van der Waals surface area (Å²) in [5, 5.41) is 6.13. The van der Waals surface area contributed by atoms with E-state index in [1.54, 1.807) is 16.8 Å². The number of hydrogen-bond donors (Lipinski definition) is 3. The molecule has 3 saturated heterocycles. The second-order valence-electron chi connectivity index (χ2n) is 15.0. The molecule has 3 N–H and O–H groups in total. The summed E-state index contributed by atoms with van der Waals surface area (Å²) in [4.78, 5) is 39.9. The number of aryl methyl sites for hydroxylation is 1. The number of rotatable bonds is 10. The largest absolute Gasteiger partial charge is 0.421 e. The number of imide groups is 1. The number of hydrogen-bond acceptors (Lipinski definition) is 10. The molecule has 4 fully saturated rings. The first kappa shape index (κ1) is 37.7.